The van der Waals surface area contributed by atoms with Crippen molar-refractivity contribution in [2.24, 2.45) is 0 Å². The number of carbonyl (C=O) groups excluding carboxylic acids is 1. The van der Waals surface area contributed by atoms with Gasteiger partial charge in [-0.05, 0) is 20.3 Å². The molecule has 0 aromatic heterocycles. The van der Waals surface area contributed by atoms with Crippen LogP contribution in [0.15, 0.2) is 30.3 Å². The molecule has 0 aliphatic heterocycles. The minimum atomic E-state index is -3.02. The number of ketones is 1. The van der Waals surface area contributed by atoms with Crippen LogP contribution >= 0.6 is 7.60 Å². The Morgan fingerprint density at radius 1 is 1.11 bits per heavy atom. The molecule has 0 N–H and O–H groups in total. The van der Waals surface area contributed by atoms with E-state index in [0.29, 0.717) is 31.6 Å². The van der Waals surface area contributed by atoms with Crippen molar-refractivity contribution < 1.29 is 18.4 Å². The first-order chi connectivity index (χ1) is 9.11. The van der Waals surface area contributed by atoms with Gasteiger partial charge in [-0.2, -0.15) is 0 Å². The van der Waals surface area contributed by atoms with Gasteiger partial charge in [-0.1, -0.05) is 30.3 Å². The van der Waals surface area contributed by atoms with Crippen LogP contribution in [-0.2, 0) is 13.6 Å². The zero-order chi connectivity index (χ0) is 14.1. The van der Waals surface area contributed by atoms with Gasteiger partial charge < -0.3 is 9.05 Å². The maximum Gasteiger partial charge on any atom is 0.330 e. The van der Waals surface area contributed by atoms with Crippen molar-refractivity contribution in [3.8, 4) is 0 Å². The van der Waals surface area contributed by atoms with Gasteiger partial charge in [0.05, 0.1) is 19.4 Å². The lowest BCUT2D eigenvalue weighted by atomic mass is 10.1. The van der Waals surface area contributed by atoms with Crippen LogP contribution in [0, 0.1) is 0 Å². The van der Waals surface area contributed by atoms with Crippen molar-refractivity contribution >= 4 is 13.4 Å². The molecular weight excluding hydrogens is 263 g/mol. The summed E-state index contributed by atoms with van der Waals surface area (Å²) in [5, 5.41) is 0. The van der Waals surface area contributed by atoms with Crippen molar-refractivity contribution in [2.75, 3.05) is 19.4 Å². The standard InChI is InChI=1S/C14H21O4P/c1-3-17-19(16,18-4-2)12-8-11-14(15)13-9-6-5-7-10-13/h5-7,9-10H,3-4,8,11-12H2,1-2H3. The second-order valence-electron chi connectivity index (χ2n) is 4.06. The van der Waals surface area contributed by atoms with Crippen molar-refractivity contribution in [1.82, 2.24) is 0 Å². The van der Waals surface area contributed by atoms with E-state index in [9.17, 15) is 9.36 Å². The molecule has 0 unspecified atom stereocenters. The zero-order valence-corrected chi connectivity index (χ0v) is 12.4. The Hall–Kier alpha value is -0.960. The number of hydrogen-bond donors (Lipinski definition) is 0. The monoisotopic (exact) mass is 284 g/mol. The third-order valence-electron chi connectivity index (χ3n) is 2.58. The van der Waals surface area contributed by atoms with E-state index in [4.69, 9.17) is 9.05 Å². The van der Waals surface area contributed by atoms with Crippen molar-refractivity contribution in [1.29, 1.82) is 0 Å². The van der Waals surface area contributed by atoms with Crippen LogP contribution < -0.4 is 0 Å². The third kappa shape index (κ3) is 5.68. The average Bonchev–Trinajstić information content (AvgIpc) is 2.40. The highest BCUT2D eigenvalue weighted by Crippen LogP contribution is 2.48. The first-order valence-electron chi connectivity index (χ1n) is 6.57. The lowest BCUT2D eigenvalue weighted by Crippen LogP contribution is -2.04. The molecule has 5 heteroatoms. The summed E-state index contributed by atoms with van der Waals surface area (Å²) in [4.78, 5) is 11.9. The molecule has 19 heavy (non-hydrogen) atoms. The first-order valence-corrected chi connectivity index (χ1v) is 8.30. The van der Waals surface area contributed by atoms with Gasteiger partial charge >= 0.3 is 7.60 Å². The molecule has 1 aromatic rings. The van der Waals surface area contributed by atoms with Gasteiger partial charge in [0.25, 0.3) is 0 Å². The van der Waals surface area contributed by atoms with E-state index in [1.54, 1.807) is 26.0 Å². The molecule has 0 fully saturated rings. The minimum Gasteiger partial charge on any atom is -0.309 e. The van der Waals surface area contributed by atoms with E-state index in [2.05, 4.69) is 0 Å². The second-order valence-corrected chi connectivity index (χ2v) is 6.25. The smallest absolute Gasteiger partial charge is 0.309 e. The van der Waals surface area contributed by atoms with Gasteiger partial charge in [0.1, 0.15) is 0 Å². The average molecular weight is 284 g/mol. The number of rotatable bonds is 9. The van der Waals surface area contributed by atoms with Crippen molar-refractivity contribution in [3.05, 3.63) is 35.9 Å². The number of hydrogen-bond acceptors (Lipinski definition) is 4. The Morgan fingerprint density at radius 3 is 2.21 bits per heavy atom. The van der Waals surface area contributed by atoms with E-state index < -0.39 is 7.60 Å². The largest absolute Gasteiger partial charge is 0.330 e. The normalized spacial score (nSPS) is 11.5. The van der Waals surface area contributed by atoms with Crippen LogP contribution in [0.25, 0.3) is 0 Å². The van der Waals surface area contributed by atoms with Gasteiger partial charge in [0.15, 0.2) is 5.78 Å². The molecule has 0 saturated carbocycles. The SMILES string of the molecule is CCOP(=O)(CCCC(=O)c1ccccc1)OCC. The summed E-state index contributed by atoms with van der Waals surface area (Å²) in [6.07, 6.45) is 1.15. The fourth-order valence-corrected chi connectivity index (χ4v) is 3.43. The number of carbonyl (C=O) groups is 1. The molecule has 0 heterocycles. The highest BCUT2D eigenvalue weighted by atomic mass is 31.2. The topological polar surface area (TPSA) is 52.6 Å². The van der Waals surface area contributed by atoms with Gasteiger partial charge in [-0.25, -0.2) is 0 Å². The maximum atomic E-state index is 12.2. The highest BCUT2D eigenvalue weighted by Gasteiger charge is 2.23. The van der Waals surface area contributed by atoms with Crippen molar-refractivity contribution in [2.45, 2.75) is 26.7 Å². The summed E-state index contributed by atoms with van der Waals surface area (Å²) < 4.78 is 22.5. The zero-order valence-electron chi connectivity index (χ0n) is 11.5. The fourth-order valence-electron chi connectivity index (χ4n) is 1.76. The Kier molecular flexibility index (Phi) is 7.00. The van der Waals surface area contributed by atoms with Crippen molar-refractivity contribution in [3.63, 3.8) is 0 Å². The van der Waals surface area contributed by atoms with Crippen LogP contribution in [-0.4, -0.2) is 25.2 Å². The minimum absolute atomic E-state index is 0.0557. The predicted molar refractivity (Wildman–Crippen MR) is 75.7 cm³/mol. The van der Waals surface area contributed by atoms with Gasteiger partial charge in [0.2, 0.25) is 0 Å². The summed E-state index contributed by atoms with van der Waals surface area (Å²) in [5.74, 6) is 0.0557. The lowest BCUT2D eigenvalue weighted by Gasteiger charge is -2.16. The number of Topliss-reactive ketones (excluding diaryl/α,β-unsaturated/α-hetero) is 1. The molecule has 4 nitrogen and oxygen atoms in total. The highest BCUT2D eigenvalue weighted by molar-refractivity contribution is 7.53. The van der Waals surface area contributed by atoms with Gasteiger partial charge in [-0.3, -0.25) is 9.36 Å². The molecule has 0 spiro atoms. The maximum absolute atomic E-state index is 12.2. The van der Waals surface area contributed by atoms with E-state index in [1.807, 2.05) is 18.2 Å². The van der Waals surface area contributed by atoms with E-state index in [0.717, 1.165) is 0 Å². The fraction of sp³-hybridized carbons (Fsp3) is 0.500. The summed E-state index contributed by atoms with van der Waals surface area (Å²) in [5.41, 5.74) is 0.685. The quantitative estimate of drug-likeness (QED) is 0.509. The Labute approximate surface area is 114 Å². The molecule has 0 aliphatic rings. The molecule has 0 amide bonds. The summed E-state index contributed by atoms with van der Waals surface area (Å²) >= 11 is 0. The molecule has 106 valence electrons. The van der Waals surface area contributed by atoms with Crippen LogP contribution in [0.5, 0.6) is 0 Å². The predicted octanol–water partition coefficient (Wildman–Crippen LogP) is 3.92. The second kappa shape index (κ2) is 8.26. The summed E-state index contributed by atoms with van der Waals surface area (Å²) in [6, 6.07) is 9.10. The first kappa shape index (κ1) is 16.1. The van der Waals surface area contributed by atoms with Crippen LogP contribution in [0.4, 0.5) is 0 Å². The van der Waals surface area contributed by atoms with Crippen LogP contribution in [0.3, 0.4) is 0 Å². The van der Waals surface area contributed by atoms with Gasteiger partial charge in [0, 0.05) is 12.0 Å². The lowest BCUT2D eigenvalue weighted by molar-refractivity contribution is 0.0981. The van der Waals surface area contributed by atoms with Gasteiger partial charge in [-0.15, -0.1) is 0 Å². The number of benzene rings is 1. The summed E-state index contributed by atoms with van der Waals surface area (Å²) in [6.45, 7) is 4.26. The third-order valence-corrected chi connectivity index (χ3v) is 4.75. The van der Waals surface area contributed by atoms with Crippen LogP contribution in [0.2, 0.25) is 0 Å². The molecular formula is C14H21O4P. The van der Waals surface area contributed by atoms with Crippen LogP contribution in [0.1, 0.15) is 37.0 Å². The van der Waals surface area contributed by atoms with E-state index in [-0.39, 0.29) is 11.9 Å². The van der Waals surface area contributed by atoms with E-state index in [1.165, 1.54) is 0 Å². The molecule has 1 rings (SSSR count). The molecule has 0 aliphatic carbocycles. The molecule has 0 saturated heterocycles. The molecule has 0 bridgehead atoms. The molecule has 1 aromatic carbocycles. The summed E-state index contributed by atoms with van der Waals surface area (Å²) in [7, 11) is -3.02. The van der Waals surface area contributed by atoms with E-state index >= 15 is 0 Å². The molecule has 0 radical (unpaired) electrons. The Bertz CT molecular complexity index is 420. The Balaban J connectivity index is 2.44. The Morgan fingerprint density at radius 2 is 1.68 bits per heavy atom. The molecule has 0 atom stereocenters.